The molecule has 0 bridgehead atoms. The van der Waals surface area contributed by atoms with Crippen molar-refractivity contribution in [3.63, 3.8) is 0 Å². The Bertz CT molecular complexity index is 1920. The Morgan fingerprint density at radius 1 is 0.860 bits per heavy atom. The number of nitrogens with zero attached hydrogens (tertiary/aromatic N) is 4. The van der Waals surface area contributed by atoms with Gasteiger partial charge in [0.25, 0.3) is 0 Å². The lowest BCUT2D eigenvalue weighted by Gasteiger charge is -2.30. The van der Waals surface area contributed by atoms with E-state index in [1.807, 2.05) is 42.5 Å². The van der Waals surface area contributed by atoms with Gasteiger partial charge in [-0.15, -0.1) is 11.3 Å². The number of alkyl carbamates (subject to hydrolysis) is 2. The van der Waals surface area contributed by atoms with Crippen molar-refractivity contribution >= 4 is 35.3 Å². The fourth-order valence-corrected chi connectivity index (χ4v) is 8.78. The van der Waals surface area contributed by atoms with Crippen molar-refractivity contribution in [2.45, 2.75) is 97.6 Å². The SMILES string of the molecule is CCC.COC(=O)NC(C(=O)N1CCCC1c1ncc(-c2ccc(-c3sc(-c4cnc[nH]4)c4c3CCCC4)cc2)[nH]1)C(C)C.COC(=O)NCC(=O)N1CCCC1. The number of hydrogen-bond acceptors (Lipinski definition) is 9. The molecule has 2 aliphatic heterocycles. The molecule has 7 rings (SSSR count). The van der Waals surface area contributed by atoms with Gasteiger partial charge < -0.3 is 39.9 Å². The van der Waals surface area contributed by atoms with Crippen molar-refractivity contribution < 1.29 is 28.7 Å². The van der Waals surface area contributed by atoms with Crippen LogP contribution >= 0.6 is 11.3 Å². The number of fused-ring (bicyclic) bond motifs is 1. The largest absolute Gasteiger partial charge is 0.453 e. The molecule has 14 nitrogen and oxygen atoms in total. The number of hydrogen-bond donors (Lipinski definition) is 4. The number of likely N-dealkylation sites (tertiary alicyclic amines) is 2. The number of thiophene rings is 1. The lowest BCUT2D eigenvalue weighted by Crippen LogP contribution is -2.51. The molecule has 0 saturated carbocycles. The molecule has 15 heteroatoms. The maximum atomic E-state index is 13.5. The lowest BCUT2D eigenvalue weighted by molar-refractivity contribution is -0.135. The minimum absolute atomic E-state index is 0.0344. The van der Waals surface area contributed by atoms with Crippen LogP contribution in [-0.4, -0.2) is 100 Å². The first-order valence-corrected chi connectivity index (χ1v) is 20.9. The number of ether oxygens (including phenoxy) is 2. The number of nitrogens with one attached hydrogen (secondary N) is 4. The highest BCUT2D eigenvalue weighted by Crippen LogP contribution is 2.45. The van der Waals surface area contributed by atoms with Gasteiger partial charge in [-0.05, 0) is 79.5 Å². The highest BCUT2D eigenvalue weighted by Gasteiger charge is 2.37. The Morgan fingerprint density at radius 3 is 2.12 bits per heavy atom. The van der Waals surface area contributed by atoms with Crippen molar-refractivity contribution in [2.75, 3.05) is 40.4 Å². The number of rotatable bonds is 9. The van der Waals surface area contributed by atoms with E-state index in [1.54, 1.807) is 11.2 Å². The molecule has 0 radical (unpaired) electrons. The Hall–Kier alpha value is -5.18. The van der Waals surface area contributed by atoms with Crippen LogP contribution in [0.25, 0.3) is 32.3 Å². The molecule has 2 fully saturated rings. The lowest BCUT2D eigenvalue weighted by atomic mass is 9.90. The van der Waals surface area contributed by atoms with Crippen LogP contribution in [0.3, 0.4) is 0 Å². The predicted octanol–water partition coefficient (Wildman–Crippen LogP) is 7.50. The summed E-state index contributed by atoms with van der Waals surface area (Å²) in [5.74, 6) is 0.553. The van der Waals surface area contributed by atoms with Crippen LogP contribution in [0.5, 0.6) is 0 Å². The van der Waals surface area contributed by atoms with E-state index in [-0.39, 0.29) is 30.3 Å². The third-order valence-corrected chi connectivity index (χ3v) is 11.6. The molecule has 0 spiro atoms. The molecule has 57 heavy (non-hydrogen) atoms. The second kappa shape index (κ2) is 20.8. The van der Waals surface area contributed by atoms with Crippen LogP contribution in [-0.2, 0) is 31.9 Å². The quantitative estimate of drug-likeness (QED) is 0.135. The Balaban J connectivity index is 0.000000326. The molecule has 3 aromatic heterocycles. The highest BCUT2D eigenvalue weighted by atomic mass is 32.1. The van der Waals surface area contributed by atoms with Crippen molar-refractivity contribution in [3.05, 3.63) is 59.9 Å². The van der Waals surface area contributed by atoms with Gasteiger partial charge in [-0.2, -0.15) is 0 Å². The van der Waals surface area contributed by atoms with Crippen molar-refractivity contribution in [1.82, 2.24) is 40.4 Å². The zero-order valence-electron chi connectivity index (χ0n) is 34.1. The minimum atomic E-state index is -0.651. The van der Waals surface area contributed by atoms with Gasteiger partial charge in [0.05, 0.1) is 55.2 Å². The van der Waals surface area contributed by atoms with E-state index >= 15 is 0 Å². The second-order valence-electron chi connectivity index (χ2n) is 14.8. The first-order chi connectivity index (χ1) is 27.6. The number of methoxy groups -OCH3 is 2. The summed E-state index contributed by atoms with van der Waals surface area (Å²) in [6.45, 7) is 10.4. The van der Waals surface area contributed by atoms with Crippen LogP contribution in [0.4, 0.5) is 9.59 Å². The van der Waals surface area contributed by atoms with E-state index in [9.17, 15) is 19.2 Å². The third kappa shape index (κ3) is 10.8. The second-order valence-corrected chi connectivity index (χ2v) is 15.9. The number of amides is 4. The normalized spacial score (nSPS) is 16.4. The molecule has 5 heterocycles. The first kappa shape index (κ1) is 43.0. The summed E-state index contributed by atoms with van der Waals surface area (Å²) in [5.41, 5.74) is 7.25. The number of imidazole rings is 2. The summed E-state index contributed by atoms with van der Waals surface area (Å²) in [5, 5.41) is 5.06. The fraction of sp³-hybridized carbons (Fsp3) is 0.524. The van der Waals surface area contributed by atoms with Gasteiger partial charge in [0, 0.05) is 24.5 Å². The van der Waals surface area contributed by atoms with Crippen LogP contribution in [0, 0.1) is 5.92 Å². The molecule has 2 atom stereocenters. The standard InChI is InChI=1S/C31H36N6O3S.C8H14N2O3.C3H8/c1-18(2)26(36-31(39)40-3)30(38)37-14-6-9-25(37)29-33-16-23(35-29)19-10-12-20(13-11-19)27-21-7-4-5-8-22(21)28(41-27)24-15-32-17-34-24;1-13-8(12)9-6-7(11)10-4-2-3-5-10;1-3-2/h10-13,15-18,25-26H,4-9,14H2,1-3H3,(H,32,34)(H,33,35)(H,36,39);2-6H2,1H3,(H,9,12);3H2,1-2H3. The topological polar surface area (TPSA) is 175 Å². The zero-order chi connectivity index (χ0) is 40.9. The molecule has 4 amide bonds. The summed E-state index contributed by atoms with van der Waals surface area (Å²) in [6, 6.07) is 7.87. The predicted molar refractivity (Wildman–Crippen MR) is 222 cm³/mol. The van der Waals surface area contributed by atoms with Crippen molar-refractivity contribution in [1.29, 1.82) is 0 Å². The van der Waals surface area contributed by atoms with E-state index < -0.39 is 18.2 Å². The fourth-order valence-electron chi connectivity index (χ4n) is 7.41. The summed E-state index contributed by atoms with van der Waals surface area (Å²) >= 11 is 1.86. The van der Waals surface area contributed by atoms with Crippen molar-refractivity contribution in [3.8, 4) is 32.3 Å². The molecule has 2 unspecified atom stereocenters. The summed E-state index contributed by atoms with van der Waals surface area (Å²) < 4.78 is 9.09. The summed E-state index contributed by atoms with van der Waals surface area (Å²) in [7, 11) is 2.58. The molecular weight excluding hydrogens is 745 g/mol. The summed E-state index contributed by atoms with van der Waals surface area (Å²) in [4.78, 5) is 69.2. The molecule has 4 aromatic rings. The molecule has 4 N–H and O–H groups in total. The minimum Gasteiger partial charge on any atom is -0.453 e. The van der Waals surface area contributed by atoms with Gasteiger partial charge in [0.15, 0.2) is 0 Å². The van der Waals surface area contributed by atoms with Crippen LogP contribution < -0.4 is 10.6 Å². The average Bonchev–Trinajstić information content (AvgIpc) is 4.08. The first-order valence-electron chi connectivity index (χ1n) is 20.1. The number of carbonyl (C=O) groups excluding carboxylic acids is 4. The Kier molecular flexibility index (Phi) is 15.7. The van der Waals surface area contributed by atoms with Gasteiger partial charge in [0.2, 0.25) is 11.8 Å². The van der Waals surface area contributed by atoms with Gasteiger partial charge >= 0.3 is 12.2 Å². The van der Waals surface area contributed by atoms with Gasteiger partial charge in [-0.1, -0.05) is 58.4 Å². The molecule has 2 saturated heterocycles. The van der Waals surface area contributed by atoms with E-state index in [4.69, 9.17) is 4.74 Å². The van der Waals surface area contributed by atoms with E-state index in [0.717, 1.165) is 74.4 Å². The molecule has 1 aromatic carbocycles. The Morgan fingerprint density at radius 2 is 1.51 bits per heavy atom. The van der Waals surface area contributed by atoms with Crippen LogP contribution in [0.15, 0.2) is 43.0 Å². The van der Waals surface area contributed by atoms with E-state index in [0.29, 0.717) is 6.54 Å². The third-order valence-electron chi connectivity index (χ3n) is 10.3. The molecule has 3 aliphatic rings. The maximum absolute atomic E-state index is 13.5. The number of carbonyl (C=O) groups is 4. The molecule has 308 valence electrons. The molecular formula is C42H58N8O6S. The summed E-state index contributed by atoms with van der Waals surface area (Å²) in [6.07, 6.45) is 14.1. The zero-order valence-corrected chi connectivity index (χ0v) is 34.9. The number of aromatic amines is 2. The van der Waals surface area contributed by atoms with E-state index in [2.05, 4.69) is 73.4 Å². The highest BCUT2D eigenvalue weighted by molar-refractivity contribution is 7.19. The Labute approximate surface area is 339 Å². The van der Waals surface area contributed by atoms with Crippen LogP contribution in [0.2, 0.25) is 0 Å². The van der Waals surface area contributed by atoms with Gasteiger partial charge in [-0.25, -0.2) is 19.6 Å². The van der Waals surface area contributed by atoms with E-state index in [1.165, 1.54) is 59.9 Å². The molecule has 1 aliphatic carbocycles. The monoisotopic (exact) mass is 802 g/mol. The number of benzene rings is 1. The van der Waals surface area contributed by atoms with Gasteiger partial charge in [0.1, 0.15) is 18.4 Å². The number of aromatic nitrogens is 4. The number of H-pyrrole nitrogens is 2. The van der Waals surface area contributed by atoms with Gasteiger partial charge in [-0.3, -0.25) is 9.59 Å². The smallest absolute Gasteiger partial charge is 0.407 e. The van der Waals surface area contributed by atoms with Crippen LogP contribution in [0.1, 0.15) is 95.6 Å². The average molecular weight is 803 g/mol. The maximum Gasteiger partial charge on any atom is 0.407 e. The van der Waals surface area contributed by atoms with Crippen molar-refractivity contribution in [2.24, 2.45) is 5.92 Å².